The van der Waals surface area contributed by atoms with Gasteiger partial charge in [0.15, 0.2) is 5.82 Å². The summed E-state index contributed by atoms with van der Waals surface area (Å²) in [5.74, 6) is -1.85. The Balaban J connectivity index is 0.702. The number of imide groups is 2. The van der Waals surface area contributed by atoms with Crippen molar-refractivity contribution in [2.45, 2.75) is 37.8 Å². The third-order valence-corrected chi connectivity index (χ3v) is 17.4. The molecule has 19 nitrogen and oxygen atoms in total. The smallest absolute Gasteiger partial charge is 0.262 e. The number of methoxy groups -OCH3 is 1. The van der Waals surface area contributed by atoms with Crippen LogP contribution in [0.1, 0.15) is 46.4 Å². The molecule has 11 rings (SSSR count). The van der Waals surface area contributed by atoms with E-state index in [1.165, 1.54) is 12.3 Å². The van der Waals surface area contributed by atoms with Gasteiger partial charge in [0.05, 0.1) is 54.4 Å². The first kappa shape index (κ1) is 52.8. The van der Waals surface area contributed by atoms with Crippen molar-refractivity contribution >= 4 is 82.2 Å². The summed E-state index contributed by atoms with van der Waals surface area (Å²) in [5, 5.41) is 14.5. The monoisotopic (exact) mass is 1100 g/mol. The lowest BCUT2D eigenvalue weighted by molar-refractivity contribution is -0.136. The lowest BCUT2D eigenvalue weighted by Gasteiger charge is -2.45. The van der Waals surface area contributed by atoms with Crippen molar-refractivity contribution < 1.29 is 32.9 Å². The SMILES string of the molecule is COc1cc(N2CCC(N3CCN(CN4CCN(c5cc6c(cc5F)C(=O)N(C5CCC(=O)NC5=O)C6=O)CC4)CC3)CC2)c(-c2cnn(C)c2)cc1Nc1ncc(Cl)c(Nc2ccc(-c3ccccc3)cc2P(C)(C)=O)n1. The number of aryl methyl sites for hydroxylation is 1. The summed E-state index contributed by atoms with van der Waals surface area (Å²) in [7, 11) is 0.805. The molecule has 6 aromatic rings. The van der Waals surface area contributed by atoms with Crippen molar-refractivity contribution in [3.05, 3.63) is 113 Å². The van der Waals surface area contributed by atoms with Crippen LogP contribution in [0.3, 0.4) is 0 Å². The zero-order valence-electron chi connectivity index (χ0n) is 44.0. The largest absolute Gasteiger partial charge is 0.494 e. The number of piperidine rings is 2. The summed E-state index contributed by atoms with van der Waals surface area (Å²) in [6.45, 7) is 12.3. The predicted molar refractivity (Wildman–Crippen MR) is 300 cm³/mol. The van der Waals surface area contributed by atoms with Gasteiger partial charge < -0.3 is 29.7 Å². The summed E-state index contributed by atoms with van der Waals surface area (Å²) in [4.78, 5) is 73.0. The summed E-state index contributed by atoms with van der Waals surface area (Å²) in [6.07, 6.45) is 7.46. The van der Waals surface area contributed by atoms with Gasteiger partial charge in [0, 0.05) is 119 Å². The Labute approximate surface area is 457 Å². The second-order valence-corrected chi connectivity index (χ2v) is 24.6. The van der Waals surface area contributed by atoms with E-state index in [1.807, 2.05) is 72.9 Å². The lowest BCUT2D eigenvalue weighted by Crippen LogP contribution is -2.56. The number of benzene rings is 4. The van der Waals surface area contributed by atoms with Crippen molar-refractivity contribution in [1.82, 2.24) is 44.7 Å². The number of aromatic nitrogens is 4. The molecular formula is C56H62ClFN13O6P. The highest BCUT2D eigenvalue weighted by molar-refractivity contribution is 7.70. The minimum Gasteiger partial charge on any atom is -0.494 e. The number of nitrogens with one attached hydrogen (secondary N) is 3. The number of carbonyl (C=O) groups excluding carboxylic acids is 4. The highest BCUT2D eigenvalue weighted by Crippen LogP contribution is 2.43. The van der Waals surface area contributed by atoms with Gasteiger partial charge in [0.2, 0.25) is 17.8 Å². The topological polar surface area (TPSA) is 194 Å². The van der Waals surface area contributed by atoms with E-state index in [1.54, 1.807) is 25.1 Å². The van der Waals surface area contributed by atoms with E-state index >= 15 is 4.39 Å². The Kier molecular flexibility index (Phi) is 14.8. The van der Waals surface area contributed by atoms with Crippen LogP contribution in [0.15, 0.2) is 91.4 Å². The Morgan fingerprint density at radius 3 is 2.10 bits per heavy atom. The van der Waals surface area contributed by atoms with Crippen LogP contribution in [-0.4, -0.2) is 168 Å². The second kappa shape index (κ2) is 21.9. The number of carbonyl (C=O) groups is 4. The van der Waals surface area contributed by atoms with Crippen LogP contribution in [-0.2, 0) is 21.2 Å². The molecule has 4 aromatic carbocycles. The van der Waals surface area contributed by atoms with Gasteiger partial charge in [-0.05, 0) is 74.1 Å². The van der Waals surface area contributed by atoms with Gasteiger partial charge in [-0.1, -0.05) is 48.0 Å². The molecule has 4 fully saturated rings. The summed E-state index contributed by atoms with van der Waals surface area (Å²) in [6, 6.07) is 21.9. The van der Waals surface area contributed by atoms with Crippen LogP contribution in [0, 0.1) is 5.82 Å². The third-order valence-electron chi connectivity index (χ3n) is 15.6. The number of rotatable bonds is 14. The van der Waals surface area contributed by atoms with Crippen molar-refractivity contribution in [3.8, 4) is 28.0 Å². The molecule has 4 saturated heterocycles. The first-order chi connectivity index (χ1) is 37.6. The fraction of sp³-hybridized carbons (Fsp3) is 0.375. The number of anilines is 6. The van der Waals surface area contributed by atoms with Crippen LogP contribution in [0.5, 0.6) is 5.75 Å². The molecule has 4 amide bonds. The first-order valence-electron chi connectivity index (χ1n) is 26.3. The van der Waals surface area contributed by atoms with E-state index in [2.05, 4.69) is 57.8 Å². The van der Waals surface area contributed by atoms with Gasteiger partial charge in [-0.25, -0.2) is 9.37 Å². The van der Waals surface area contributed by atoms with Crippen LogP contribution in [0.4, 0.5) is 38.9 Å². The Morgan fingerprint density at radius 2 is 1.44 bits per heavy atom. The van der Waals surface area contributed by atoms with Crippen LogP contribution >= 0.6 is 18.7 Å². The molecule has 5 aliphatic heterocycles. The standard InChI is InChI=1S/C56H62ClFN13O6P/c1-65-33-37(31-60-65)39-28-45(62-56-59-32-42(57)52(64-56)61-44-11-10-36(26-50(44)78(3,4)76)35-8-6-5-7-9-35)49(77-2)30-47(39)69-16-14-38(15-17-69)68-22-18-66(19-23-68)34-67-20-24-70(25-21-67)48-29-41-40(27-43(48)58)54(74)71(55(41)75)46-12-13-51(72)63-53(46)73/h5-11,26-33,38,46H,12-25,34H2,1-4H3,(H,63,72,73)(H2,59,61,62,64). The molecular weight excluding hydrogens is 1040 g/mol. The lowest BCUT2D eigenvalue weighted by atomic mass is 9.98. The quantitative estimate of drug-likeness (QED) is 0.0757. The van der Waals surface area contributed by atoms with Gasteiger partial charge in [-0.2, -0.15) is 10.1 Å². The summed E-state index contributed by atoms with van der Waals surface area (Å²) in [5.41, 5.74) is 6.55. The zero-order valence-corrected chi connectivity index (χ0v) is 45.7. The van der Waals surface area contributed by atoms with E-state index in [4.69, 9.17) is 21.3 Å². The Bertz CT molecular complexity index is 3350. The molecule has 1 unspecified atom stereocenters. The molecule has 78 heavy (non-hydrogen) atoms. The fourth-order valence-electron chi connectivity index (χ4n) is 11.4. The van der Waals surface area contributed by atoms with Crippen LogP contribution in [0.2, 0.25) is 5.02 Å². The molecule has 22 heteroatoms. The minimum absolute atomic E-state index is 0.0127. The van der Waals surface area contributed by atoms with Crippen molar-refractivity contribution in [1.29, 1.82) is 0 Å². The number of amides is 4. The van der Waals surface area contributed by atoms with Crippen molar-refractivity contribution in [2.75, 3.05) is 113 Å². The zero-order chi connectivity index (χ0) is 54.4. The average Bonchev–Trinajstić information content (AvgIpc) is 4.16. The van der Waals surface area contributed by atoms with E-state index in [9.17, 15) is 23.7 Å². The average molecular weight is 1100 g/mol. The number of halogens is 2. The minimum atomic E-state index is -2.75. The molecule has 2 aromatic heterocycles. The molecule has 7 heterocycles. The third kappa shape index (κ3) is 10.8. The first-order valence-corrected chi connectivity index (χ1v) is 29.3. The molecule has 3 N–H and O–H groups in total. The van der Waals surface area contributed by atoms with Gasteiger partial charge in [-0.3, -0.25) is 48.8 Å². The van der Waals surface area contributed by atoms with E-state index in [0.29, 0.717) is 71.4 Å². The summed E-state index contributed by atoms with van der Waals surface area (Å²) < 4.78 is 37.1. The Morgan fingerprint density at radius 1 is 0.744 bits per heavy atom. The van der Waals surface area contributed by atoms with Crippen LogP contribution in [0.25, 0.3) is 22.3 Å². The van der Waals surface area contributed by atoms with E-state index in [-0.39, 0.29) is 29.7 Å². The van der Waals surface area contributed by atoms with Gasteiger partial charge in [-0.15, -0.1) is 0 Å². The van der Waals surface area contributed by atoms with Crippen molar-refractivity contribution in [3.63, 3.8) is 0 Å². The molecule has 0 radical (unpaired) electrons. The Hall–Kier alpha value is -7.22. The number of nitrogens with zero attached hydrogens (tertiary/aromatic N) is 10. The van der Waals surface area contributed by atoms with Gasteiger partial charge >= 0.3 is 0 Å². The number of hydrogen-bond acceptors (Lipinski definition) is 16. The maximum atomic E-state index is 15.6. The molecule has 1 atom stereocenters. The molecule has 0 spiro atoms. The van der Waals surface area contributed by atoms with Gasteiger partial charge in [0.1, 0.15) is 29.8 Å². The van der Waals surface area contributed by atoms with E-state index < -0.39 is 42.6 Å². The highest BCUT2D eigenvalue weighted by atomic mass is 35.5. The van der Waals surface area contributed by atoms with Crippen LogP contribution < -0.4 is 35.8 Å². The normalized spacial score (nSPS) is 19.1. The number of piperazine rings is 2. The van der Waals surface area contributed by atoms with E-state index in [0.717, 1.165) is 97.7 Å². The molecule has 406 valence electrons. The predicted octanol–water partition coefficient (Wildman–Crippen LogP) is 6.85. The molecule has 0 aliphatic carbocycles. The summed E-state index contributed by atoms with van der Waals surface area (Å²) >= 11 is 6.71. The maximum absolute atomic E-state index is 15.6. The fourth-order valence-corrected chi connectivity index (χ4v) is 12.7. The number of hydrogen-bond donors (Lipinski definition) is 3. The molecule has 5 aliphatic rings. The van der Waals surface area contributed by atoms with Gasteiger partial charge in [0.25, 0.3) is 11.8 Å². The molecule has 0 saturated carbocycles. The number of fused-ring (bicyclic) bond motifs is 1. The highest BCUT2D eigenvalue weighted by Gasteiger charge is 2.45. The maximum Gasteiger partial charge on any atom is 0.262 e. The molecule has 0 bridgehead atoms. The number of ether oxygens (including phenoxy) is 1. The van der Waals surface area contributed by atoms with Crippen molar-refractivity contribution in [2.24, 2.45) is 7.05 Å². The second-order valence-electron chi connectivity index (χ2n) is 21.0.